The first kappa shape index (κ1) is 18.7. The highest BCUT2D eigenvalue weighted by Crippen LogP contribution is 2.33. The Hall–Kier alpha value is -2.04. The molecule has 3 rings (SSSR count). The molecule has 1 amide bonds. The lowest BCUT2D eigenvalue weighted by Crippen LogP contribution is -2.48. The van der Waals surface area contributed by atoms with Crippen molar-refractivity contribution in [2.45, 2.75) is 63.9 Å². The summed E-state index contributed by atoms with van der Waals surface area (Å²) in [5, 5.41) is 9.03. The molecule has 2 aliphatic rings. The van der Waals surface area contributed by atoms with Crippen molar-refractivity contribution in [3.63, 3.8) is 0 Å². The molecule has 1 aliphatic carbocycles. The van der Waals surface area contributed by atoms with Crippen molar-refractivity contribution in [3.05, 3.63) is 35.4 Å². The third-order valence-electron chi connectivity index (χ3n) is 5.77. The molecule has 1 N–H and O–H groups in total. The maximum absolute atomic E-state index is 12.9. The molecule has 0 radical (unpaired) electrons. The zero-order valence-electron chi connectivity index (χ0n) is 15.7. The monoisotopic (exact) mass is 359 g/mol. The van der Waals surface area contributed by atoms with Crippen molar-refractivity contribution < 1.29 is 19.4 Å². The molecule has 5 heteroatoms. The van der Waals surface area contributed by atoms with E-state index in [9.17, 15) is 9.59 Å². The molecule has 5 nitrogen and oxygen atoms in total. The van der Waals surface area contributed by atoms with E-state index in [1.54, 1.807) is 0 Å². The number of benzene rings is 1. The number of carbonyl (C=O) groups is 2. The first-order valence-corrected chi connectivity index (χ1v) is 9.72. The molecule has 2 unspecified atom stereocenters. The minimum absolute atomic E-state index is 0.0996. The SMILES string of the molecule is CC(C)c1ccc(C2CC(OC(=O)O)CN(C(=O)C3CCCC3)C2)cc1. The quantitative estimate of drug-likeness (QED) is 0.810. The highest BCUT2D eigenvalue weighted by Gasteiger charge is 2.36. The van der Waals surface area contributed by atoms with Crippen molar-refractivity contribution in [2.75, 3.05) is 13.1 Å². The average molecular weight is 359 g/mol. The van der Waals surface area contributed by atoms with Gasteiger partial charge in [0, 0.05) is 18.4 Å². The normalized spacial score (nSPS) is 24.0. The van der Waals surface area contributed by atoms with Crippen LogP contribution in [0.5, 0.6) is 0 Å². The van der Waals surface area contributed by atoms with Crippen LogP contribution >= 0.6 is 0 Å². The Labute approximate surface area is 155 Å². The molecule has 1 saturated heterocycles. The van der Waals surface area contributed by atoms with Crippen LogP contribution in [0.15, 0.2) is 24.3 Å². The number of hydrogen-bond donors (Lipinski definition) is 1. The fourth-order valence-corrected chi connectivity index (χ4v) is 4.29. The van der Waals surface area contributed by atoms with Crippen LogP contribution in [0, 0.1) is 5.92 Å². The minimum atomic E-state index is -1.26. The van der Waals surface area contributed by atoms with Gasteiger partial charge in [0.2, 0.25) is 5.91 Å². The molecule has 26 heavy (non-hydrogen) atoms. The number of carbonyl (C=O) groups excluding carboxylic acids is 1. The van der Waals surface area contributed by atoms with E-state index in [-0.39, 0.29) is 17.7 Å². The molecule has 0 bridgehead atoms. The number of piperidine rings is 1. The van der Waals surface area contributed by atoms with Crippen LogP contribution in [-0.4, -0.2) is 41.3 Å². The van der Waals surface area contributed by atoms with Crippen LogP contribution in [0.25, 0.3) is 0 Å². The zero-order chi connectivity index (χ0) is 18.7. The van der Waals surface area contributed by atoms with Gasteiger partial charge in [-0.1, -0.05) is 51.0 Å². The van der Waals surface area contributed by atoms with Crippen LogP contribution in [-0.2, 0) is 9.53 Å². The van der Waals surface area contributed by atoms with Gasteiger partial charge in [-0.05, 0) is 36.3 Å². The molecular weight excluding hydrogens is 330 g/mol. The molecule has 1 aromatic rings. The van der Waals surface area contributed by atoms with Gasteiger partial charge in [-0.2, -0.15) is 0 Å². The van der Waals surface area contributed by atoms with E-state index in [1.807, 2.05) is 4.90 Å². The Bertz CT molecular complexity index is 634. The smallest absolute Gasteiger partial charge is 0.450 e. The second-order valence-electron chi connectivity index (χ2n) is 7.98. The average Bonchev–Trinajstić information content (AvgIpc) is 3.15. The van der Waals surface area contributed by atoms with Gasteiger partial charge in [0.1, 0.15) is 6.10 Å². The van der Waals surface area contributed by atoms with E-state index >= 15 is 0 Å². The second kappa shape index (κ2) is 8.11. The van der Waals surface area contributed by atoms with E-state index < -0.39 is 12.3 Å². The van der Waals surface area contributed by atoms with Crippen LogP contribution in [0.4, 0.5) is 4.79 Å². The highest BCUT2D eigenvalue weighted by atomic mass is 16.7. The van der Waals surface area contributed by atoms with Gasteiger partial charge >= 0.3 is 6.16 Å². The lowest BCUT2D eigenvalue weighted by atomic mass is 9.87. The maximum Gasteiger partial charge on any atom is 0.506 e. The summed E-state index contributed by atoms with van der Waals surface area (Å²) in [4.78, 5) is 25.8. The Balaban J connectivity index is 1.76. The summed E-state index contributed by atoms with van der Waals surface area (Å²) >= 11 is 0. The van der Waals surface area contributed by atoms with Crippen LogP contribution < -0.4 is 0 Å². The molecule has 0 spiro atoms. The standard InChI is InChI=1S/C21H29NO4/c1-14(2)15-7-9-16(10-8-15)18-11-19(26-21(24)25)13-22(12-18)20(23)17-5-3-4-6-17/h7-10,14,17-19H,3-6,11-13H2,1-2H3,(H,24,25). The number of rotatable bonds is 4. The molecular formula is C21H29NO4. The Morgan fingerprint density at radius 1 is 1.12 bits per heavy atom. The van der Waals surface area contributed by atoms with Crippen molar-refractivity contribution in [1.29, 1.82) is 0 Å². The topological polar surface area (TPSA) is 66.8 Å². The van der Waals surface area contributed by atoms with Crippen molar-refractivity contribution in [2.24, 2.45) is 5.92 Å². The first-order chi connectivity index (χ1) is 12.4. The summed E-state index contributed by atoms with van der Waals surface area (Å²) < 4.78 is 5.07. The Morgan fingerprint density at radius 2 is 1.77 bits per heavy atom. The molecule has 2 atom stereocenters. The van der Waals surface area contributed by atoms with Gasteiger partial charge in [0.15, 0.2) is 0 Å². The molecule has 142 valence electrons. The fourth-order valence-electron chi connectivity index (χ4n) is 4.29. The summed E-state index contributed by atoms with van der Waals surface area (Å²) in [6.45, 7) is 5.35. The summed E-state index contributed by atoms with van der Waals surface area (Å²) in [5.41, 5.74) is 2.43. The predicted molar refractivity (Wildman–Crippen MR) is 99.3 cm³/mol. The van der Waals surface area contributed by atoms with Gasteiger partial charge < -0.3 is 14.7 Å². The lowest BCUT2D eigenvalue weighted by molar-refractivity contribution is -0.139. The predicted octanol–water partition coefficient (Wildman–Crippen LogP) is 4.38. The number of nitrogens with zero attached hydrogens (tertiary/aromatic N) is 1. The van der Waals surface area contributed by atoms with Crippen LogP contribution in [0.2, 0.25) is 0 Å². The summed E-state index contributed by atoms with van der Waals surface area (Å²) in [7, 11) is 0. The molecule has 2 fully saturated rings. The Kier molecular flexibility index (Phi) is 5.84. The van der Waals surface area contributed by atoms with Gasteiger partial charge in [0.05, 0.1) is 6.54 Å². The van der Waals surface area contributed by atoms with Crippen molar-refractivity contribution >= 4 is 12.1 Å². The van der Waals surface area contributed by atoms with Gasteiger partial charge in [0.25, 0.3) is 0 Å². The number of amides is 1. The van der Waals surface area contributed by atoms with Gasteiger partial charge in [-0.3, -0.25) is 4.79 Å². The zero-order valence-corrected chi connectivity index (χ0v) is 15.7. The summed E-state index contributed by atoms with van der Waals surface area (Å²) in [6, 6.07) is 8.48. The van der Waals surface area contributed by atoms with Gasteiger partial charge in [-0.25, -0.2) is 4.79 Å². The third-order valence-corrected chi connectivity index (χ3v) is 5.77. The minimum Gasteiger partial charge on any atom is -0.450 e. The second-order valence-corrected chi connectivity index (χ2v) is 7.98. The molecule has 1 saturated carbocycles. The summed E-state index contributed by atoms with van der Waals surface area (Å²) in [5.74, 6) is 0.853. The molecule has 1 aromatic carbocycles. The number of ether oxygens (including phenoxy) is 1. The number of carboxylic acid groups (broad SMARTS) is 1. The van der Waals surface area contributed by atoms with Gasteiger partial charge in [-0.15, -0.1) is 0 Å². The van der Waals surface area contributed by atoms with Crippen molar-refractivity contribution in [3.8, 4) is 0 Å². The molecule has 1 aliphatic heterocycles. The van der Waals surface area contributed by atoms with E-state index in [0.29, 0.717) is 25.4 Å². The third kappa shape index (κ3) is 4.37. The number of likely N-dealkylation sites (tertiary alicyclic amines) is 1. The maximum atomic E-state index is 12.9. The Morgan fingerprint density at radius 3 is 2.35 bits per heavy atom. The molecule has 1 heterocycles. The number of hydrogen-bond acceptors (Lipinski definition) is 3. The van der Waals surface area contributed by atoms with Crippen molar-refractivity contribution in [1.82, 2.24) is 4.90 Å². The fraction of sp³-hybridized carbons (Fsp3) is 0.619. The molecule has 0 aromatic heterocycles. The van der Waals surface area contributed by atoms with E-state index in [2.05, 4.69) is 38.1 Å². The highest BCUT2D eigenvalue weighted by molar-refractivity contribution is 5.79. The van der Waals surface area contributed by atoms with Crippen LogP contribution in [0.1, 0.15) is 68.9 Å². The van der Waals surface area contributed by atoms with Crippen LogP contribution in [0.3, 0.4) is 0 Å². The lowest BCUT2D eigenvalue weighted by Gasteiger charge is -2.38. The first-order valence-electron chi connectivity index (χ1n) is 9.72. The van der Waals surface area contributed by atoms with E-state index in [0.717, 1.165) is 31.2 Å². The van der Waals surface area contributed by atoms with E-state index in [1.165, 1.54) is 5.56 Å². The summed E-state index contributed by atoms with van der Waals surface area (Å²) in [6.07, 6.45) is 3.03. The largest absolute Gasteiger partial charge is 0.506 e. The van der Waals surface area contributed by atoms with E-state index in [4.69, 9.17) is 9.84 Å².